The summed E-state index contributed by atoms with van der Waals surface area (Å²) in [5, 5.41) is 33.1. The van der Waals surface area contributed by atoms with Crippen LogP contribution < -0.4 is 5.32 Å². The van der Waals surface area contributed by atoms with Gasteiger partial charge in [0.25, 0.3) is 0 Å². The summed E-state index contributed by atoms with van der Waals surface area (Å²) in [6, 6.07) is -0.658. The number of aliphatic hydroxyl groups excluding tert-OH is 3. The number of carbonyl (C=O) groups excluding carboxylic acids is 1. The molecule has 3 atom stereocenters. The first-order valence-electron chi connectivity index (χ1n) is 18.5. The Morgan fingerprint density at radius 2 is 0.952 bits per heavy atom. The highest BCUT2D eigenvalue weighted by molar-refractivity contribution is 5.76. The van der Waals surface area contributed by atoms with Crippen LogP contribution in [0.2, 0.25) is 0 Å². The molecule has 4 N–H and O–H groups in total. The van der Waals surface area contributed by atoms with Crippen LogP contribution in [-0.4, -0.2) is 46.1 Å². The second-order valence-corrected chi connectivity index (χ2v) is 12.8. The molecule has 0 radical (unpaired) electrons. The van der Waals surface area contributed by atoms with Gasteiger partial charge >= 0.3 is 0 Å². The van der Waals surface area contributed by atoms with Crippen molar-refractivity contribution in [3.63, 3.8) is 0 Å². The number of unbranched alkanes of at least 4 members (excludes halogenated alkanes) is 22. The molecular formula is C37H73NO4. The summed E-state index contributed by atoms with van der Waals surface area (Å²) in [7, 11) is 0. The van der Waals surface area contributed by atoms with E-state index in [0.717, 1.165) is 38.5 Å². The third-order valence-electron chi connectivity index (χ3n) is 8.58. The fourth-order valence-electron chi connectivity index (χ4n) is 5.69. The molecule has 0 saturated carbocycles. The molecule has 0 saturated heterocycles. The number of hydrogen-bond donors (Lipinski definition) is 4. The van der Waals surface area contributed by atoms with Gasteiger partial charge in [-0.2, -0.15) is 0 Å². The van der Waals surface area contributed by atoms with E-state index < -0.39 is 18.2 Å². The number of carbonyl (C=O) groups is 1. The minimum atomic E-state index is -0.748. The van der Waals surface area contributed by atoms with E-state index in [4.69, 9.17) is 0 Å². The van der Waals surface area contributed by atoms with E-state index in [1.807, 2.05) is 0 Å². The monoisotopic (exact) mass is 596 g/mol. The average Bonchev–Trinajstić information content (AvgIpc) is 2.98. The lowest BCUT2D eigenvalue weighted by atomic mass is 10.0. The van der Waals surface area contributed by atoms with Crippen LogP contribution in [0.15, 0.2) is 12.2 Å². The highest BCUT2D eigenvalue weighted by atomic mass is 16.3. The largest absolute Gasteiger partial charge is 0.394 e. The third kappa shape index (κ3) is 29.2. The predicted molar refractivity (Wildman–Crippen MR) is 181 cm³/mol. The standard InChI is InChI=1S/C37H73NO4/c1-3-5-7-9-11-13-15-16-17-18-19-20-21-23-25-27-29-31-36(41)35(33-39)38-37(42)32-34(40)30-28-26-24-22-14-12-10-8-6-4-2/h12,14,34-36,39-41H,3-11,13,15-33H2,1-2H3,(H,38,42)/b14-12-. The van der Waals surface area contributed by atoms with Crippen molar-refractivity contribution >= 4 is 5.91 Å². The van der Waals surface area contributed by atoms with Crippen LogP contribution >= 0.6 is 0 Å². The molecule has 5 heteroatoms. The molecule has 0 bridgehead atoms. The van der Waals surface area contributed by atoms with Crippen molar-refractivity contribution in [3.05, 3.63) is 12.2 Å². The quantitative estimate of drug-likeness (QED) is 0.0449. The zero-order chi connectivity index (χ0) is 30.9. The molecule has 0 heterocycles. The number of nitrogens with one attached hydrogen (secondary N) is 1. The zero-order valence-corrected chi connectivity index (χ0v) is 28.1. The Labute approximate surface area is 261 Å². The van der Waals surface area contributed by atoms with Crippen molar-refractivity contribution < 1.29 is 20.1 Å². The molecule has 3 unspecified atom stereocenters. The van der Waals surface area contributed by atoms with Gasteiger partial charge in [-0.3, -0.25) is 4.79 Å². The molecule has 1 amide bonds. The Kier molecular flexibility index (Phi) is 32.3. The zero-order valence-electron chi connectivity index (χ0n) is 28.1. The number of aliphatic hydroxyl groups is 3. The Hall–Kier alpha value is -0.910. The maximum atomic E-state index is 12.3. The number of allylic oxidation sites excluding steroid dienone is 2. The summed E-state index contributed by atoms with van der Waals surface area (Å²) < 4.78 is 0. The molecule has 0 aliphatic heterocycles. The van der Waals surface area contributed by atoms with Gasteiger partial charge in [-0.1, -0.05) is 161 Å². The van der Waals surface area contributed by atoms with Crippen molar-refractivity contribution in [1.82, 2.24) is 5.32 Å². The van der Waals surface area contributed by atoms with Crippen molar-refractivity contribution in [3.8, 4) is 0 Å². The molecule has 0 aliphatic rings. The number of amides is 1. The topological polar surface area (TPSA) is 89.8 Å². The van der Waals surface area contributed by atoms with Crippen LogP contribution in [0, 0.1) is 0 Å². The van der Waals surface area contributed by atoms with Gasteiger partial charge in [0.05, 0.1) is 31.3 Å². The average molecular weight is 596 g/mol. The molecule has 250 valence electrons. The highest BCUT2D eigenvalue weighted by Crippen LogP contribution is 2.15. The fourth-order valence-corrected chi connectivity index (χ4v) is 5.69. The van der Waals surface area contributed by atoms with Crippen LogP contribution in [0.1, 0.15) is 194 Å². The van der Waals surface area contributed by atoms with Gasteiger partial charge in [0, 0.05) is 0 Å². The molecule has 42 heavy (non-hydrogen) atoms. The maximum Gasteiger partial charge on any atom is 0.222 e. The van der Waals surface area contributed by atoms with E-state index >= 15 is 0 Å². The van der Waals surface area contributed by atoms with Crippen LogP contribution in [0.3, 0.4) is 0 Å². The first kappa shape index (κ1) is 41.1. The highest BCUT2D eigenvalue weighted by Gasteiger charge is 2.21. The Balaban J connectivity index is 3.66. The van der Waals surface area contributed by atoms with Crippen molar-refractivity contribution in [2.24, 2.45) is 0 Å². The third-order valence-corrected chi connectivity index (χ3v) is 8.58. The van der Waals surface area contributed by atoms with E-state index in [9.17, 15) is 20.1 Å². The van der Waals surface area contributed by atoms with Gasteiger partial charge < -0.3 is 20.6 Å². The van der Waals surface area contributed by atoms with Crippen LogP contribution in [-0.2, 0) is 4.79 Å². The normalized spacial score (nSPS) is 13.9. The van der Waals surface area contributed by atoms with E-state index in [1.165, 1.54) is 122 Å². The number of hydrogen-bond acceptors (Lipinski definition) is 4. The van der Waals surface area contributed by atoms with Crippen molar-refractivity contribution in [1.29, 1.82) is 0 Å². The maximum absolute atomic E-state index is 12.3. The van der Waals surface area contributed by atoms with E-state index in [-0.39, 0.29) is 18.9 Å². The number of rotatable bonds is 33. The van der Waals surface area contributed by atoms with Gasteiger partial charge in [0.1, 0.15) is 0 Å². The Morgan fingerprint density at radius 1 is 0.571 bits per heavy atom. The molecule has 0 spiro atoms. The van der Waals surface area contributed by atoms with Gasteiger partial charge in [-0.05, 0) is 38.5 Å². The predicted octanol–water partition coefficient (Wildman–Crippen LogP) is 9.70. The summed E-state index contributed by atoms with van der Waals surface area (Å²) >= 11 is 0. The lowest BCUT2D eigenvalue weighted by molar-refractivity contribution is -0.125. The lowest BCUT2D eigenvalue weighted by Gasteiger charge is -2.23. The van der Waals surface area contributed by atoms with Gasteiger partial charge in [-0.15, -0.1) is 0 Å². The lowest BCUT2D eigenvalue weighted by Crippen LogP contribution is -2.46. The Morgan fingerprint density at radius 3 is 1.43 bits per heavy atom. The van der Waals surface area contributed by atoms with E-state index in [2.05, 4.69) is 31.3 Å². The van der Waals surface area contributed by atoms with Crippen LogP contribution in [0.5, 0.6) is 0 Å². The molecular weight excluding hydrogens is 522 g/mol. The van der Waals surface area contributed by atoms with E-state index in [0.29, 0.717) is 12.8 Å². The van der Waals surface area contributed by atoms with E-state index in [1.54, 1.807) is 0 Å². The first-order valence-corrected chi connectivity index (χ1v) is 18.5. The van der Waals surface area contributed by atoms with Gasteiger partial charge in [-0.25, -0.2) is 0 Å². The van der Waals surface area contributed by atoms with Crippen molar-refractivity contribution in [2.75, 3.05) is 6.61 Å². The molecule has 0 aliphatic carbocycles. The van der Waals surface area contributed by atoms with Crippen LogP contribution in [0.4, 0.5) is 0 Å². The van der Waals surface area contributed by atoms with Crippen molar-refractivity contribution in [2.45, 2.75) is 212 Å². The summed E-state index contributed by atoms with van der Waals surface area (Å²) in [6.45, 7) is 4.21. The minimum Gasteiger partial charge on any atom is -0.394 e. The summed E-state index contributed by atoms with van der Waals surface area (Å²) in [4.78, 5) is 12.3. The summed E-state index contributed by atoms with van der Waals surface area (Å²) in [5.41, 5.74) is 0. The molecule has 0 aromatic carbocycles. The first-order chi connectivity index (χ1) is 20.5. The summed E-state index contributed by atoms with van der Waals surface area (Å²) in [6.07, 6.45) is 35.9. The van der Waals surface area contributed by atoms with Gasteiger partial charge in [0.15, 0.2) is 0 Å². The fraction of sp³-hybridized carbons (Fsp3) is 0.919. The molecule has 0 fully saturated rings. The van der Waals surface area contributed by atoms with Gasteiger partial charge in [0.2, 0.25) is 5.91 Å². The molecule has 0 aromatic heterocycles. The molecule has 0 aromatic rings. The summed E-state index contributed by atoms with van der Waals surface area (Å²) in [5.74, 6) is -0.293. The van der Waals surface area contributed by atoms with Crippen LogP contribution in [0.25, 0.3) is 0 Å². The molecule has 0 rings (SSSR count). The second-order valence-electron chi connectivity index (χ2n) is 12.8. The Bertz CT molecular complexity index is 582. The smallest absolute Gasteiger partial charge is 0.222 e. The second kappa shape index (κ2) is 33.0. The minimum absolute atomic E-state index is 0.0275. The molecule has 5 nitrogen and oxygen atoms in total. The SMILES string of the molecule is CCCCC/C=C\CCCCCC(O)CC(=O)NC(CO)C(O)CCCCCCCCCCCCCCCCCCC.